The summed E-state index contributed by atoms with van der Waals surface area (Å²) in [5.41, 5.74) is 0.960. The van der Waals surface area contributed by atoms with Gasteiger partial charge in [-0.2, -0.15) is 0 Å². The second-order valence-corrected chi connectivity index (χ2v) is 6.80. The fraction of sp³-hybridized carbons (Fsp3) is 0.615. The lowest BCUT2D eigenvalue weighted by Crippen LogP contribution is -2.32. The molecule has 0 radical (unpaired) electrons. The van der Waals surface area contributed by atoms with Crippen LogP contribution in [0.3, 0.4) is 0 Å². The van der Waals surface area contributed by atoms with Crippen LogP contribution in [0.25, 0.3) is 0 Å². The number of halogens is 2. The highest BCUT2D eigenvalue weighted by atomic mass is 79.9. The van der Waals surface area contributed by atoms with Gasteiger partial charge in [-0.1, -0.05) is 54.2 Å². The summed E-state index contributed by atoms with van der Waals surface area (Å²) in [5.74, 6) is 0.513. The number of alkyl halides is 1. The highest BCUT2D eigenvalue weighted by Gasteiger charge is 2.18. The topological polar surface area (TPSA) is 29.1 Å². The van der Waals surface area contributed by atoms with Gasteiger partial charge in [0, 0.05) is 11.4 Å². The number of nitrogens with one attached hydrogen (secondary N) is 1. The molecule has 1 amide bonds. The predicted molar refractivity (Wildman–Crippen MR) is 83.2 cm³/mol. The van der Waals surface area contributed by atoms with Gasteiger partial charge < -0.3 is 5.32 Å². The van der Waals surface area contributed by atoms with Crippen LogP contribution in [0.15, 0.2) is 5.38 Å². The Kier molecular flexibility index (Phi) is 6.67. The number of carbonyl (C=O) groups is 1. The van der Waals surface area contributed by atoms with E-state index >= 15 is 0 Å². The van der Waals surface area contributed by atoms with E-state index < -0.39 is 0 Å². The van der Waals surface area contributed by atoms with E-state index in [2.05, 4.69) is 35.1 Å². The van der Waals surface area contributed by atoms with Crippen molar-refractivity contribution in [1.82, 2.24) is 5.32 Å². The minimum absolute atomic E-state index is 0.0755. The third-order valence-electron chi connectivity index (χ3n) is 3.12. The van der Waals surface area contributed by atoms with Crippen LogP contribution in [0, 0.1) is 12.8 Å². The van der Waals surface area contributed by atoms with Crippen molar-refractivity contribution in [1.29, 1.82) is 0 Å². The first kappa shape index (κ1) is 16.0. The Bertz CT molecular complexity index is 404. The molecular weight excluding hydrogens is 334 g/mol. The standard InChI is InChI=1S/C13H19BrClNOS/c1-4-9(5-2)10(14)6-16-13(17)12-11(15)8(3)7-18-12/h7,9-10H,4-6H2,1-3H3,(H,16,17). The molecule has 2 nitrogen and oxygen atoms in total. The maximum atomic E-state index is 12.0. The summed E-state index contributed by atoms with van der Waals surface area (Å²) in [7, 11) is 0. The van der Waals surface area contributed by atoms with Crippen molar-refractivity contribution in [2.24, 2.45) is 5.92 Å². The first-order valence-corrected chi connectivity index (χ1v) is 8.34. The second kappa shape index (κ2) is 7.51. The minimum Gasteiger partial charge on any atom is -0.350 e. The van der Waals surface area contributed by atoms with E-state index in [9.17, 15) is 4.79 Å². The molecule has 0 aliphatic heterocycles. The van der Waals surface area contributed by atoms with Crippen molar-refractivity contribution < 1.29 is 4.79 Å². The van der Waals surface area contributed by atoms with E-state index in [0.717, 1.165) is 18.4 Å². The third kappa shape index (κ3) is 3.97. The summed E-state index contributed by atoms with van der Waals surface area (Å²) in [5, 5.41) is 5.42. The van der Waals surface area contributed by atoms with Crippen LogP contribution >= 0.6 is 38.9 Å². The number of hydrogen-bond acceptors (Lipinski definition) is 2. The maximum Gasteiger partial charge on any atom is 0.262 e. The van der Waals surface area contributed by atoms with Crippen LogP contribution < -0.4 is 5.32 Å². The molecule has 0 saturated heterocycles. The molecule has 0 aliphatic rings. The number of carbonyl (C=O) groups excluding carboxylic acids is 1. The molecule has 0 spiro atoms. The maximum absolute atomic E-state index is 12.0. The van der Waals surface area contributed by atoms with Gasteiger partial charge in [0.05, 0.1) is 5.02 Å². The van der Waals surface area contributed by atoms with Crippen LogP contribution in [0.2, 0.25) is 5.02 Å². The average Bonchev–Trinajstić information content (AvgIpc) is 2.69. The number of hydrogen-bond donors (Lipinski definition) is 1. The van der Waals surface area contributed by atoms with Gasteiger partial charge in [-0.15, -0.1) is 11.3 Å². The molecule has 0 saturated carbocycles. The highest BCUT2D eigenvalue weighted by Crippen LogP contribution is 2.27. The van der Waals surface area contributed by atoms with E-state index in [1.165, 1.54) is 11.3 Å². The van der Waals surface area contributed by atoms with Gasteiger partial charge in [-0.05, 0) is 23.8 Å². The normalized spacial score (nSPS) is 12.8. The Labute approximate surface area is 126 Å². The Morgan fingerprint density at radius 3 is 2.56 bits per heavy atom. The number of aryl methyl sites for hydroxylation is 1. The lowest BCUT2D eigenvalue weighted by Gasteiger charge is -2.19. The number of thiophene rings is 1. The van der Waals surface area contributed by atoms with Crippen LogP contribution in [0.4, 0.5) is 0 Å². The van der Waals surface area contributed by atoms with Crippen LogP contribution in [0.1, 0.15) is 41.9 Å². The molecule has 102 valence electrons. The van der Waals surface area contributed by atoms with Gasteiger partial charge in [0.15, 0.2) is 0 Å². The van der Waals surface area contributed by atoms with Crippen LogP contribution in [-0.4, -0.2) is 17.3 Å². The lowest BCUT2D eigenvalue weighted by atomic mass is 9.99. The first-order chi connectivity index (χ1) is 8.51. The number of rotatable bonds is 6. The van der Waals surface area contributed by atoms with Crippen molar-refractivity contribution in [3.05, 3.63) is 20.8 Å². The first-order valence-electron chi connectivity index (χ1n) is 6.17. The molecule has 5 heteroatoms. The second-order valence-electron chi connectivity index (χ2n) is 4.36. The SMILES string of the molecule is CCC(CC)C(Br)CNC(=O)c1scc(C)c1Cl. The molecule has 0 bridgehead atoms. The van der Waals surface area contributed by atoms with Crippen molar-refractivity contribution in [3.63, 3.8) is 0 Å². The van der Waals surface area contributed by atoms with Gasteiger partial charge >= 0.3 is 0 Å². The van der Waals surface area contributed by atoms with E-state index in [-0.39, 0.29) is 5.91 Å². The quantitative estimate of drug-likeness (QED) is 0.742. The molecule has 0 aromatic carbocycles. The molecule has 18 heavy (non-hydrogen) atoms. The molecule has 0 aliphatic carbocycles. The fourth-order valence-electron chi connectivity index (χ4n) is 1.82. The van der Waals surface area contributed by atoms with Crippen molar-refractivity contribution in [2.75, 3.05) is 6.54 Å². The largest absolute Gasteiger partial charge is 0.350 e. The van der Waals surface area contributed by atoms with E-state index in [1.807, 2.05) is 12.3 Å². The average molecular weight is 353 g/mol. The Morgan fingerprint density at radius 2 is 2.11 bits per heavy atom. The summed E-state index contributed by atoms with van der Waals surface area (Å²) in [6.07, 6.45) is 2.22. The highest BCUT2D eigenvalue weighted by molar-refractivity contribution is 9.09. The van der Waals surface area contributed by atoms with Gasteiger partial charge in [-0.25, -0.2) is 0 Å². The Hall–Kier alpha value is -0.0600. The molecule has 1 atom stereocenters. The van der Waals surface area contributed by atoms with E-state index in [1.54, 1.807) is 0 Å². The third-order valence-corrected chi connectivity index (χ3v) is 5.89. The van der Waals surface area contributed by atoms with Crippen LogP contribution in [0.5, 0.6) is 0 Å². The van der Waals surface area contributed by atoms with Gasteiger partial charge in [0.2, 0.25) is 0 Å². The summed E-state index contributed by atoms with van der Waals surface area (Å²) in [4.78, 5) is 12.9. The van der Waals surface area contributed by atoms with Gasteiger partial charge in [0.25, 0.3) is 5.91 Å². The van der Waals surface area contributed by atoms with Crippen LogP contribution in [-0.2, 0) is 0 Å². The van der Waals surface area contributed by atoms with Crippen molar-refractivity contribution >= 4 is 44.8 Å². The number of amides is 1. The zero-order valence-electron chi connectivity index (χ0n) is 10.9. The zero-order valence-corrected chi connectivity index (χ0v) is 14.1. The van der Waals surface area contributed by atoms with E-state index in [4.69, 9.17) is 11.6 Å². The fourth-order valence-corrected chi connectivity index (χ4v) is 3.92. The van der Waals surface area contributed by atoms with Gasteiger partial charge in [-0.3, -0.25) is 4.79 Å². The summed E-state index contributed by atoms with van der Waals surface area (Å²) < 4.78 is 0. The van der Waals surface area contributed by atoms with Crippen molar-refractivity contribution in [3.8, 4) is 0 Å². The van der Waals surface area contributed by atoms with E-state index in [0.29, 0.717) is 27.2 Å². The van der Waals surface area contributed by atoms with Gasteiger partial charge in [0.1, 0.15) is 4.88 Å². The van der Waals surface area contributed by atoms with Crippen molar-refractivity contribution in [2.45, 2.75) is 38.4 Å². The summed E-state index contributed by atoms with van der Waals surface area (Å²) in [6, 6.07) is 0. The Balaban J connectivity index is 2.54. The smallest absolute Gasteiger partial charge is 0.262 e. The Morgan fingerprint density at radius 1 is 1.50 bits per heavy atom. The minimum atomic E-state index is -0.0755. The molecule has 1 heterocycles. The molecule has 1 aromatic rings. The molecule has 1 unspecified atom stereocenters. The predicted octanol–water partition coefficient (Wildman–Crippen LogP) is 4.64. The molecule has 1 aromatic heterocycles. The summed E-state index contributed by atoms with van der Waals surface area (Å²) in [6.45, 7) is 6.89. The lowest BCUT2D eigenvalue weighted by molar-refractivity contribution is 0.0956. The molecule has 0 fully saturated rings. The zero-order chi connectivity index (χ0) is 13.7. The molecular formula is C13H19BrClNOS. The molecule has 1 N–H and O–H groups in total. The molecule has 1 rings (SSSR count). The summed E-state index contributed by atoms with van der Waals surface area (Å²) >= 11 is 11.1. The monoisotopic (exact) mass is 351 g/mol.